The molecule has 0 bridgehead atoms. The Morgan fingerprint density at radius 1 is 0.696 bits per heavy atom. The Morgan fingerprint density at radius 2 is 1.52 bits per heavy atom. The summed E-state index contributed by atoms with van der Waals surface area (Å²) in [6.45, 7) is 2.22. The van der Waals surface area contributed by atoms with Gasteiger partial charge in [0.1, 0.15) is 0 Å². The molecule has 0 radical (unpaired) electrons. The van der Waals surface area contributed by atoms with Gasteiger partial charge in [-0.25, -0.2) is 0 Å². The van der Waals surface area contributed by atoms with Crippen molar-refractivity contribution in [2.45, 2.75) is 13.3 Å². The van der Waals surface area contributed by atoms with Crippen LogP contribution in [-0.2, 0) is 6.42 Å². The third-order valence-electron chi connectivity index (χ3n) is 4.83. The van der Waals surface area contributed by atoms with Crippen LogP contribution in [0.25, 0.3) is 41.7 Å². The number of benzene rings is 4. The standard InChI is InChI=1S/C22H16S/c1-2-14-7-9-19-21(13-14)23-20-12-11-17-16-6-4-3-5-15(16)8-10-18(17)22(19)20/h3-13H,2H2,1H3. The molecule has 0 unspecified atom stereocenters. The first-order chi connectivity index (χ1) is 11.3. The van der Waals surface area contributed by atoms with E-state index in [1.165, 1.54) is 47.3 Å². The Morgan fingerprint density at radius 3 is 2.43 bits per heavy atom. The minimum Gasteiger partial charge on any atom is -0.135 e. The second-order valence-electron chi connectivity index (χ2n) is 6.11. The molecule has 23 heavy (non-hydrogen) atoms. The second-order valence-corrected chi connectivity index (χ2v) is 7.19. The molecule has 0 saturated heterocycles. The molecule has 0 saturated carbocycles. The SMILES string of the molecule is CCc1ccc2c(c1)sc1ccc3c4ccccc4ccc3c12. The summed E-state index contributed by atoms with van der Waals surface area (Å²) in [6, 6.07) is 24.7. The van der Waals surface area contributed by atoms with E-state index in [4.69, 9.17) is 0 Å². The monoisotopic (exact) mass is 312 g/mol. The van der Waals surface area contributed by atoms with Crippen molar-refractivity contribution in [2.75, 3.05) is 0 Å². The Kier molecular flexibility index (Phi) is 2.74. The summed E-state index contributed by atoms with van der Waals surface area (Å²) < 4.78 is 2.79. The van der Waals surface area contributed by atoms with Crippen molar-refractivity contribution in [2.24, 2.45) is 0 Å². The minimum absolute atomic E-state index is 1.09. The molecule has 0 spiro atoms. The molecule has 5 aromatic rings. The molecule has 0 aliphatic rings. The normalized spacial score (nSPS) is 11.9. The van der Waals surface area contributed by atoms with Crippen LogP contribution in [0.4, 0.5) is 0 Å². The van der Waals surface area contributed by atoms with Crippen LogP contribution in [0.1, 0.15) is 12.5 Å². The summed E-state index contributed by atoms with van der Waals surface area (Å²) in [6.07, 6.45) is 1.09. The van der Waals surface area contributed by atoms with E-state index in [-0.39, 0.29) is 0 Å². The molecule has 1 heteroatoms. The molecular formula is C22H16S. The zero-order valence-corrected chi connectivity index (χ0v) is 13.8. The van der Waals surface area contributed by atoms with Gasteiger partial charge in [0.2, 0.25) is 0 Å². The number of rotatable bonds is 1. The highest BCUT2D eigenvalue weighted by Gasteiger charge is 2.10. The molecule has 0 fully saturated rings. The molecule has 0 amide bonds. The summed E-state index contributed by atoms with van der Waals surface area (Å²) in [7, 11) is 0. The fraction of sp³-hybridized carbons (Fsp3) is 0.0909. The Balaban J connectivity index is 2.00. The third-order valence-corrected chi connectivity index (χ3v) is 5.95. The molecule has 0 nitrogen and oxygen atoms in total. The topological polar surface area (TPSA) is 0 Å². The maximum Gasteiger partial charge on any atom is 0.0361 e. The highest BCUT2D eigenvalue weighted by atomic mass is 32.1. The van der Waals surface area contributed by atoms with Crippen molar-refractivity contribution in [1.29, 1.82) is 0 Å². The summed E-state index contributed by atoms with van der Waals surface area (Å²) in [5, 5.41) is 8.19. The quantitative estimate of drug-likeness (QED) is 0.295. The summed E-state index contributed by atoms with van der Waals surface area (Å²) in [4.78, 5) is 0. The molecule has 5 rings (SSSR count). The van der Waals surface area contributed by atoms with Crippen LogP contribution >= 0.6 is 11.3 Å². The molecular weight excluding hydrogens is 296 g/mol. The molecule has 0 N–H and O–H groups in total. The van der Waals surface area contributed by atoms with Crippen molar-refractivity contribution in [3.8, 4) is 0 Å². The number of fused-ring (bicyclic) bond motifs is 7. The van der Waals surface area contributed by atoms with Crippen LogP contribution in [0, 0.1) is 0 Å². The van der Waals surface area contributed by atoms with E-state index in [0.717, 1.165) is 6.42 Å². The molecule has 0 aliphatic carbocycles. The summed E-state index contributed by atoms with van der Waals surface area (Å²) in [5.74, 6) is 0. The van der Waals surface area contributed by atoms with Crippen molar-refractivity contribution >= 4 is 53.1 Å². The van der Waals surface area contributed by atoms with E-state index in [9.17, 15) is 0 Å². The highest BCUT2D eigenvalue weighted by molar-refractivity contribution is 7.26. The lowest BCUT2D eigenvalue weighted by Gasteiger charge is -2.05. The van der Waals surface area contributed by atoms with Gasteiger partial charge in [-0.3, -0.25) is 0 Å². The molecule has 1 heterocycles. The van der Waals surface area contributed by atoms with Gasteiger partial charge in [-0.1, -0.05) is 61.5 Å². The van der Waals surface area contributed by atoms with Gasteiger partial charge in [0, 0.05) is 20.2 Å². The van der Waals surface area contributed by atoms with E-state index < -0.39 is 0 Å². The van der Waals surface area contributed by atoms with Crippen LogP contribution < -0.4 is 0 Å². The Labute approximate surface area is 139 Å². The van der Waals surface area contributed by atoms with Gasteiger partial charge in [0.05, 0.1) is 0 Å². The molecule has 0 aliphatic heterocycles. The second kappa shape index (κ2) is 4.81. The van der Waals surface area contributed by atoms with Gasteiger partial charge in [0.25, 0.3) is 0 Å². The lowest BCUT2D eigenvalue weighted by atomic mass is 9.98. The Hall–Kier alpha value is -2.38. The smallest absolute Gasteiger partial charge is 0.0361 e. The molecule has 0 atom stereocenters. The highest BCUT2D eigenvalue weighted by Crippen LogP contribution is 2.40. The van der Waals surface area contributed by atoms with Gasteiger partial charge in [-0.2, -0.15) is 0 Å². The van der Waals surface area contributed by atoms with Crippen molar-refractivity contribution in [1.82, 2.24) is 0 Å². The maximum atomic E-state index is 2.35. The van der Waals surface area contributed by atoms with E-state index in [1.54, 1.807) is 0 Å². The molecule has 1 aromatic heterocycles. The zero-order valence-electron chi connectivity index (χ0n) is 13.0. The molecule has 110 valence electrons. The van der Waals surface area contributed by atoms with Gasteiger partial charge < -0.3 is 0 Å². The number of hydrogen-bond donors (Lipinski definition) is 0. The van der Waals surface area contributed by atoms with Crippen LogP contribution in [0.2, 0.25) is 0 Å². The lowest BCUT2D eigenvalue weighted by molar-refractivity contribution is 1.15. The number of aryl methyl sites for hydroxylation is 1. The van der Waals surface area contributed by atoms with Gasteiger partial charge in [-0.05, 0) is 45.7 Å². The number of thiophene rings is 1. The predicted octanol–water partition coefficient (Wildman–Crippen LogP) is 6.92. The average Bonchev–Trinajstić information content (AvgIpc) is 2.99. The van der Waals surface area contributed by atoms with Crippen LogP contribution in [0.3, 0.4) is 0 Å². The fourth-order valence-corrected chi connectivity index (χ4v) is 4.81. The largest absolute Gasteiger partial charge is 0.135 e. The van der Waals surface area contributed by atoms with Crippen molar-refractivity contribution in [3.05, 3.63) is 72.3 Å². The van der Waals surface area contributed by atoms with Crippen molar-refractivity contribution < 1.29 is 0 Å². The van der Waals surface area contributed by atoms with Gasteiger partial charge >= 0.3 is 0 Å². The van der Waals surface area contributed by atoms with E-state index in [0.29, 0.717) is 0 Å². The minimum atomic E-state index is 1.09. The fourth-order valence-electron chi connectivity index (χ4n) is 3.63. The summed E-state index contributed by atoms with van der Waals surface area (Å²) >= 11 is 1.91. The Bertz CT molecular complexity index is 1190. The van der Waals surface area contributed by atoms with Gasteiger partial charge in [-0.15, -0.1) is 11.3 Å². The van der Waals surface area contributed by atoms with Crippen LogP contribution in [0.15, 0.2) is 66.7 Å². The van der Waals surface area contributed by atoms with Crippen LogP contribution in [0.5, 0.6) is 0 Å². The van der Waals surface area contributed by atoms with Crippen molar-refractivity contribution in [3.63, 3.8) is 0 Å². The zero-order chi connectivity index (χ0) is 15.4. The molecule has 4 aromatic carbocycles. The average molecular weight is 312 g/mol. The first-order valence-corrected chi connectivity index (χ1v) is 8.92. The van der Waals surface area contributed by atoms with E-state index in [2.05, 4.69) is 73.7 Å². The summed E-state index contributed by atoms with van der Waals surface area (Å²) in [5.41, 5.74) is 1.42. The third kappa shape index (κ3) is 1.83. The predicted molar refractivity (Wildman–Crippen MR) is 104 cm³/mol. The van der Waals surface area contributed by atoms with Crippen LogP contribution in [-0.4, -0.2) is 0 Å². The van der Waals surface area contributed by atoms with E-state index in [1.807, 2.05) is 11.3 Å². The number of hydrogen-bond acceptors (Lipinski definition) is 1. The van der Waals surface area contributed by atoms with E-state index >= 15 is 0 Å². The maximum absolute atomic E-state index is 2.35. The first kappa shape index (κ1) is 13.1. The van der Waals surface area contributed by atoms with Gasteiger partial charge in [0.15, 0.2) is 0 Å². The lowest BCUT2D eigenvalue weighted by Crippen LogP contribution is -1.79. The first-order valence-electron chi connectivity index (χ1n) is 8.11.